The van der Waals surface area contributed by atoms with E-state index in [1.165, 1.54) is 18.5 Å². The standard InChI is InChI=1S/C27H20N8O2/c1-35-11-6-16-2-3-17(12-23(16)35)20-13-18(14-21-25(20)31-10-9-30-21)33-22-15-29-7-4-19(22)26(36)37-24-5-8-32-27(28)34-24/h2-15,33H,1H3,(H2,28,32,34). The van der Waals surface area contributed by atoms with Crippen molar-refractivity contribution in [2.24, 2.45) is 7.05 Å². The first kappa shape index (κ1) is 22.1. The van der Waals surface area contributed by atoms with Gasteiger partial charge in [0, 0.05) is 60.9 Å². The van der Waals surface area contributed by atoms with Gasteiger partial charge in [0.15, 0.2) is 0 Å². The third-order valence-electron chi connectivity index (χ3n) is 5.94. The molecule has 6 aromatic rings. The van der Waals surface area contributed by atoms with Crippen LogP contribution in [0.1, 0.15) is 10.4 Å². The Morgan fingerprint density at radius 2 is 1.86 bits per heavy atom. The van der Waals surface area contributed by atoms with E-state index in [1.807, 2.05) is 25.4 Å². The van der Waals surface area contributed by atoms with Crippen molar-refractivity contribution in [3.05, 3.63) is 91.3 Å². The third-order valence-corrected chi connectivity index (χ3v) is 5.94. The monoisotopic (exact) mass is 488 g/mol. The molecule has 3 N–H and O–H groups in total. The second kappa shape index (κ2) is 9.00. The number of nitrogens with one attached hydrogen (secondary N) is 1. The molecule has 4 heterocycles. The van der Waals surface area contributed by atoms with Crippen molar-refractivity contribution in [3.63, 3.8) is 0 Å². The maximum atomic E-state index is 13.0. The van der Waals surface area contributed by atoms with Crippen molar-refractivity contribution < 1.29 is 9.53 Å². The topological polar surface area (TPSA) is 134 Å². The van der Waals surface area contributed by atoms with E-state index in [1.54, 1.807) is 24.7 Å². The van der Waals surface area contributed by atoms with Gasteiger partial charge >= 0.3 is 5.97 Å². The molecule has 0 aliphatic heterocycles. The number of carbonyl (C=O) groups excluding carboxylic acids is 1. The minimum absolute atomic E-state index is 0.0108. The lowest BCUT2D eigenvalue weighted by Crippen LogP contribution is -2.12. The predicted molar refractivity (Wildman–Crippen MR) is 140 cm³/mol. The zero-order chi connectivity index (χ0) is 25.4. The van der Waals surface area contributed by atoms with Crippen LogP contribution in [0.5, 0.6) is 5.88 Å². The van der Waals surface area contributed by atoms with Crippen LogP contribution in [-0.4, -0.2) is 35.5 Å². The Hall–Kier alpha value is -5.38. The summed E-state index contributed by atoms with van der Waals surface area (Å²) in [5.74, 6) is -0.547. The van der Waals surface area contributed by atoms with Crippen LogP contribution in [0.4, 0.5) is 17.3 Å². The van der Waals surface area contributed by atoms with Crippen LogP contribution in [0.25, 0.3) is 33.1 Å². The molecule has 0 saturated heterocycles. The van der Waals surface area contributed by atoms with Gasteiger partial charge in [-0.1, -0.05) is 12.1 Å². The average molecular weight is 489 g/mol. The van der Waals surface area contributed by atoms with Crippen LogP contribution < -0.4 is 15.8 Å². The number of nitrogen functional groups attached to an aromatic ring is 1. The van der Waals surface area contributed by atoms with Crippen LogP contribution in [-0.2, 0) is 7.05 Å². The number of ether oxygens (including phenoxy) is 1. The molecule has 0 aliphatic carbocycles. The van der Waals surface area contributed by atoms with E-state index in [-0.39, 0.29) is 17.4 Å². The quantitative estimate of drug-likeness (QED) is 0.336. The van der Waals surface area contributed by atoms with Crippen LogP contribution in [0.2, 0.25) is 0 Å². The molecule has 10 heteroatoms. The maximum absolute atomic E-state index is 13.0. The number of hydrogen-bond donors (Lipinski definition) is 2. The van der Waals surface area contributed by atoms with Gasteiger partial charge in [-0.15, -0.1) is 0 Å². The van der Waals surface area contributed by atoms with Crippen molar-refractivity contribution in [2.45, 2.75) is 0 Å². The molecule has 2 aromatic carbocycles. The second-order valence-electron chi connectivity index (χ2n) is 8.34. The number of fused-ring (bicyclic) bond motifs is 2. The lowest BCUT2D eigenvalue weighted by Gasteiger charge is -2.14. The first-order valence-electron chi connectivity index (χ1n) is 11.4. The molecule has 0 amide bonds. The fourth-order valence-electron chi connectivity index (χ4n) is 4.19. The predicted octanol–water partition coefficient (Wildman–Crippen LogP) is 4.52. The number of carbonyl (C=O) groups is 1. The first-order chi connectivity index (χ1) is 18.0. The molecule has 10 nitrogen and oxygen atoms in total. The fourth-order valence-corrected chi connectivity index (χ4v) is 4.19. The van der Waals surface area contributed by atoms with E-state index >= 15 is 0 Å². The third kappa shape index (κ3) is 4.27. The molecule has 180 valence electrons. The summed E-state index contributed by atoms with van der Waals surface area (Å²) in [6.07, 6.45) is 9.85. The van der Waals surface area contributed by atoms with Crippen molar-refractivity contribution in [1.82, 2.24) is 29.5 Å². The number of rotatable bonds is 5. The van der Waals surface area contributed by atoms with Gasteiger partial charge in [0.2, 0.25) is 11.8 Å². The summed E-state index contributed by atoms with van der Waals surface area (Å²) in [7, 11) is 2.01. The van der Waals surface area contributed by atoms with E-state index < -0.39 is 5.97 Å². The Morgan fingerprint density at radius 1 is 0.973 bits per heavy atom. The van der Waals surface area contributed by atoms with E-state index in [9.17, 15) is 4.79 Å². The Morgan fingerprint density at radius 3 is 2.76 bits per heavy atom. The summed E-state index contributed by atoms with van der Waals surface area (Å²) in [5.41, 5.74) is 11.5. The highest BCUT2D eigenvalue weighted by Crippen LogP contribution is 2.33. The van der Waals surface area contributed by atoms with Gasteiger partial charge in [-0.2, -0.15) is 4.98 Å². The van der Waals surface area contributed by atoms with Crippen LogP contribution in [0.15, 0.2) is 85.7 Å². The van der Waals surface area contributed by atoms with Crippen molar-refractivity contribution in [2.75, 3.05) is 11.1 Å². The SMILES string of the molecule is Cn1ccc2ccc(-c3cc(Nc4cnccc4C(=O)Oc4ccnc(N)n4)cc4nccnc34)cc21. The largest absolute Gasteiger partial charge is 0.404 e. The second-order valence-corrected chi connectivity index (χ2v) is 8.34. The van der Waals surface area contributed by atoms with Gasteiger partial charge in [0.1, 0.15) is 0 Å². The minimum atomic E-state index is -0.613. The number of nitrogens with zero attached hydrogens (tertiary/aromatic N) is 6. The summed E-state index contributed by atoms with van der Waals surface area (Å²) >= 11 is 0. The molecule has 0 saturated carbocycles. The molecular formula is C27H20N8O2. The van der Waals surface area contributed by atoms with E-state index in [0.717, 1.165) is 27.5 Å². The Labute approximate surface area is 210 Å². The number of pyridine rings is 1. The number of aryl methyl sites for hydroxylation is 1. The molecule has 0 fully saturated rings. The molecule has 0 radical (unpaired) electrons. The van der Waals surface area contributed by atoms with Crippen LogP contribution in [0, 0.1) is 0 Å². The van der Waals surface area contributed by atoms with E-state index in [2.05, 4.69) is 59.1 Å². The molecule has 0 unspecified atom stereocenters. The number of anilines is 3. The van der Waals surface area contributed by atoms with Crippen molar-refractivity contribution in [1.29, 1.82) is 0 Å². The molecule has 6 rings (SSSR count). The fraction of sp³-hybridized carbons (Fsp3) is 0.0370. The number of nitrogens with two attached hydrogens (primary N) is 1. The smallest absolute Gasteiger partial charge is 0.347 e. The van der Waals surface area contributed by atoms with Gasteiger partial charge in [-0.25, -0.2) is 9.78 Å². The normalized spacial score (nSPS) is 11.1. The highest BCUT2D eigenvalue weighted by atomic mass is 16.5. The molecule has 0 bridgehead atoms. The Balaban J connectivity index is 1.40. The summed E-state index contributed by atoms with van der Waals surface area (Å²) < 4.78 is 7.48. The number of benzene rings is 2. The van der Waals surface area contributed by atoms with Gasteiger partial charge in [0.05, 0.1) is 28.5 Å². The molecule has 0 spiro atoms. The highest BCUT2D eigenvalue weighted by Gasteiger charge is 2.17. The van der Waals surface area contributed by atoms with Crippen LogP contribution >= 0.6 is 0 Å². The average Bonchev–Trinajstić information content (AvgIpc) is 3.28. The highest BCUT2D eigenvalue weighted by molar-refractivity contribution is 6.00. The van der Waals surface area contributed by atoms with Crippen LogP contribution in [0.3, 0.4) is 0 Å². The molecule has 37 heavy (non-hydrogen) atoms. The van der Waals surface area contributed by atoms with Crippen molar-refractivity contribution >= 4 is 45.2 Å². The zero-order valence-corrected chi connectivity index (χ0v) is 19.7. The summed E-state index contributed by atoms with van der Waals surface area (Å²) in [6.45, 7) is 0. The van der Waals surface area contributed by atoms with Gasteiger partial charge < -0.3 is 20.4 Å². The molecular weight excluding hydrogens is 468 g/mol. The van der Waals surface area contributed by atoms with Gasteiger partial charge in [-0.3, -0.25) is 15.0 Å². The van der Waals surface area contributed by atoms with E-state index in [4.69, 9.17) is 10.5 Å². The number of esters is 1. The molecule has 4 aromatic heterocycles. The Bertz CT molecular complexity index is 1800. The molecule has 0 atom stereocenters. The van der Waals surface area contributed by atoms with Crippen molar-refractivity contribution in [3.8, 4) is 17.0 Å². The Kier molecular flexibility index (Phi) is 5.38. The summed E-state index contributed by atoms with van der Waals surface area (Å²) in [4.78, 5) is 34.0. The van der Waals surface area contributed by atoms with E-state index in [0.29, 0.717) is 16.9 Å². The summed E-state index contributed by atoms with van der Waals surface area (Å²) in [6, 6.07) is 15.2. The molecule has 0 aliphatic rings. The lowest BCUT2D eigenvalue weighted by atomic mass is 10.0. The maximum Gasteiger partial charge on any atom is 0.347 e. The first-order valence-corrected chi connectivity index (χ1v) is 11.4. The lowest BCUT2D eigenvalue weighted by molar-refractivity contribution is 0.0728. The zero-order valence-electron chi connectivity index (χ0n) is 19.7. The number of aromatic nitrogens is 6. The minimum Gasteiger partial charge on any atom is -0.404 e. The number of hydrogen-bond acceptors (Lipinski definition) is 9. The van der Waals surface area contributed by atoms with Gasteiger partial charge in [-0.05, 0) is 41.3 Å². The summed E-state index contributed by atoms with van der Waals surface area (Å²) in [5, 5.41) is 4.46. The van der Waals surface area contributed by atoms with Gasteiger partial charge in [0.25, 0.3) is 0 Å².